The third-order valence-electron chi connectivity index (χ3n) is 2.62. The van der Waals surface area contributed by atoms with Crippen molar-refractivity contribution in [1.82, 2.24) is 9.62 Å². The highest BCUT2D eigenvalue weighted by Gasteiger charge is 2.15. The Balaban J connectivity index is 2.72. The van der Waals surface area contributed by atoms with Crippen LogP contribution in [0.15, 0.2) is 23.1 Å². The van der Waals surface area contributed by atoms with Gasteiger partial charge in [0.15, 0.2) is 0 Å². The molecule has 0 unspecified atom stereocenters. The topological polar surface area (TPSA) is 75.4 Å². The fourth-order valence-corrected chi connectivity index (χ4v) is 2.68. The monoisotopic (exact) mass is 289 g/mol. The van der Waals surface area contributed by atoms with E-state index in [1.54, 1.807) is 0 Å². The van der Waals surface area contributed by atoms with Crippen LogP contribution in [0, 0.1) is 5.82 Å². The van der Waals surface area contributed by atoms with Crippen LogP contribution in [0.4, 0.5) is 4.39 Å². The SMILES string of the molecule is CN(C)CCCNS(=O)(=O)c1ccc(F)c(CN)c1. The van der Waals surface area contributed by atoms with Crippen LogP contribution in [0.3, 0.4) is 0 Å². The number of halogens is 1. The van der Waals surface area contributed by atoms with E-state index in [0.29, 0.717) is 13.0 Å². The van der Waals surface area contributed by atoms with Gasteiger partial charge in [-0.1, -0.05) is 0 Å². The quantitative estimate of drug-likeness (QED) is 0.717. The summed E-state index contributed by atoms with van der Waals surface area (Å²) in [5.41, 5.74) is 5.55. The second-order valence-corrected chi connectivity index (χ2v) is 6.28. The van der Waals surface area contributed by atoms with E-state index in [9.17, 15) is 12.8 Å². The third-order valence-corrected chi connectivity index (χ3v) is 4.08. The lowest BCUT2D eigenvalue weighted by atomic mass is 10.2. The maximum Gasteiger partial charge on any atom is 0.240 e. The molecule has 0 aliphatic heterocycles. The van der Waals surface area contributed by atoms with Crippen LogP contribution in [0.5, 0.6) is 0 Å². The Hall–Kier alpha value is -1.02. The van der Waals surface area contributed by atoms with Crippen LogP contribution in [0.1, 0.15) is 12.0 Å². The molecule has 0 aliphatic rings. The van der Waals surface area contributed by atoms with E-state index in [1.807, 2.05) is 19.0 Å². The van der Waals surface area contributed by atoms with Crippen molar-refractivity contribution in [2.45, 2.75) is 17.9 Å². The van der Waals surface area contributed by atoms with Gasteiger partial charge >= 0.3 is 0 Å². The van der Waals surface area contributed by atoms with Crippen molar-refractivity contribution in [3.8, 4) is 0 Å². The van der Waals surface area contributed by atoms with Crippen LogP contribution in [-0.4, -0.2) is 40.5 Å². The predicted octanol–water partition coefficient (Wildman–Crippen LogP) is 0.514. The maximum atomic E-state index is 13.3. The van der Waals surface area contributed by atoms with Gasteiger partial charge in [0.2, 0.25) is 10.0 Å². The Labute approximate surface area is 113 Å². The van der Waals surface area contributed by atoms with E-state index in [4.69, 9.17) is 5.73 Å². The molecule has 0 saturated heterocycles. The fraction of sp³-hybridized carbons (Fsp3) is 0.500. The van der Waals surface area contributed by atoms with Crippen LogP contribution in [-0.2, 0) is 16.6 Å². The van der Waals surface area contributed by atoms with Crippen molar-refractivity contribution in [2.75, 3.05) is 27.2 Å². The molecule has 108 valence electrons. The normalized spacial score (nSPS) is 12.1. The Morgan fingerprint density at radius 3 is 2.63 bits per heavy atom. The van der Waals surface area contributed by atoms with Crippen molar-refractivity contribution in [3.05, 3.63) is 29.6 Å². The van der Waals surface area contributed by atoms with Crippen molar-refractivity contribution < 1.29 is 12.8 Å². The van der Waals surface area contributed by atoms with Gasteiger partial charge in [-0.3, -0.25) is 0 Å². The maximum absolute atomic E-state index is 13.3. The zero-order chi connectivity index (χ0) is 14.5. The third kappa shape index (κ3) is 4.87. The molecule has 1 rings (SSSR count). The highest BCUT2D eigenvalue weighted by molar-refractivity contribution is 7.89. The molecule has 1 aromatic carbocycles. The Morgan fingerprint density at radius 2 is 2.05 bits per heavy atom. The highest BCUT2D eigenvalue weighted by atomic mass is 32.2. The highest BCUT2D eigenvalue weighted by Crippen LogP contribution is 2.14. The van der Waals surface area contributed by atoms with E-state index in [-0.39, 0.29) is 17.0 Å². The van der Waals surface area contributed by atoms with Gasteiger partial charge in [0.05, 0.1) is 4.90 Å². The molecule has 0 amide bonds. The van der Waals surface area contributed by atoms with Gasteiger partial charge in [-0.2, -0.15) is 0 Å². The molecule has 0 saturated carbocycles. The van der Waals surface area contributed by atoms with Gasteiger partial charge in [-0.25, -0.2) is 17.5 Å². The fourth-order valence-electron chi connectivity index (χ4n) is 1.56. The lowest BCUT2D eigenvalue weighted by molar-refractivity contribution is 0.400. The van der Waals surface area contributed by atoms with Gasteiger partial charge in [0, 0.05) is 18.7 Å². The molecule has 19 heavy (non-hydrogen) atoms. The summed E-state index contributed by atoms with van der Waals surface area (Å²) in [6, 6.07) is 3.63. The Bertz CT molecular complexity index is 518. The first kappa shape index (κ1) is 16.0. The van der Waals surface area contributed by atoms with Gasteiger partial charge < -0.3 is 10.6 Å². The Morgan fingerprint density at radius 1 is 1.37 bits per heavy atom. The number of nitrogens with one attached hydrogen (secondary N) is 1. The second kappa shape index (κ2) is 6.95. The summed E-state index contributed by atoms with van der Waals surface area (Å²) in [6.45, 7) is 1.10. The minimum absolute atomic E-state index is 0.0319. The molecular weight excluding hydrogens is 269 g/mol. The number of nitrogens with two attached hydrogens (primary N) is 1. The summed E-state index contributed by atoms with van der Waals surface area (Å²) in [5, 5.41) is 0. The molecule has 0 aliphatic carbocycles. The molecule has 5 nitrogen and oxygen atoms in total. The number of sulfonamides is 1. The summed E-state index contributed by atoms with van der Waals surface area (Å²) in [6.07, 6.45) is 0.706. The summed E-state index contributed by atoms with van der Waals surface area (Å²) in [7, 11) is 0.239. The lowest BCUT2D eigenvalue weighted by Crippen LogP contribution is -2.27. The molecule has 0 heterocycles. The van der Waals surface area contributed by atoms with E-state index >= 15 is 0 Å². The zero-order valence-corrected chi connectivity index (χ0v) is 12.0. The summed E-state index contributed by atoms with van der Waals surface area (Å²) in [4.78, 5) is 2.01. The van der Waals surface area contributed by atoms with Gasteiger partial charge in [-0.15, -0.1) is 0 Å². The largest absolute Gasteiger partial charge is 0.326 e. The van der Waals surface area contributed by atoms with Gasteiger partial charge in [0.25, 0.3) is 0 Å². The lowest BCUT2D eigenvalue weighted by Gasteiger charge is -2.11. The minimum atomic E-state index is -3.60. The van der Waals surface area contributed by atoms with Gasteiger partial charge in [0.1, 0.15) is 5.82 Å². The molecule has 0 spiro atoms. The number of hydrogen-bond donors (Lipinski definition) is 2. The average molecular weight is 289 g/mol. The van der Waals surface area contributed by atoms with Crippen LogP contribution < -0.4 is 10.5 Å². The van der Waals surface area contributed by atoms with E-state index in [1.165, 1.54) is 12.1 Å². The summed E-state index contributed by atoms with van der Waals surface area (Å²) >= 11 is 0. The van der Waals surface area contributed by atoms with Crippen molar-refractivity contribution in [2.24, 2.45) is 5.73 Å². The van der Waals surface area contributed by atoms with E-state index in [0.717, 1.165) is 12.6 Å². The first-order chi connectivity index (χ1) is 8.86. The second-order valence-electron chi connectivity index (χ2n) is 4.51. The molecule has 0 atom stereocenters. The molecule has 0 radical (unpaired) electrons. The predicted molar refractivity (Wildman–Crippen MR) is 72.7 cm³/mol. The molecule has 0 bridgehead atoms. The number of hydrogen-bond acceptors (Lipinski definition) is 4. The number of rotatable bonds is 7. The first-order valence-electron chi connectivity index (χ1n) is 5.99. The Kier molecular flexibility index (Phi) is 5.86. The van der Waals surface area contributed by atoms with E-state index < -0.39 is 15.8 Å². The smallest absolute Gasteiger partial charge is 0.240 e. The molecule has 7 heteroatoms. The number of benzene rings is 1. The van der Waals surface area contributed by atoms with Crippen molar-refractivity contribution >= 4 is 10.0 Å². The zero-order valence-electron chi connectivity index (χ0n) is 11.2. The van der Waals surface area contributed by atoms with Crippen molar-refractivity contribution in [3.63, 3.8) is 0 Å². The standard InChI is InChI=1S/C12H20FN3O2S/c1-16(2)7-3-6-15-19(17,18)11-4-5-12(13)10(8-11)9-14/h4-5,8,15H,3,6-7,9,14H2,1-2H3. The first-order valence-corrected chi connectivity index (χ1v) is 7.48. The van der Waals surface area contributed by atoms with Crippen molar-refractivity contribution in [1.29, 1.82) is 0 Å². The minimum Gasteiger partial charge on any atom is -0.326 e. The molecule has 3 N–H and O–H groups in total. The van der Waals surface area contributed by atoms with Crippen LogP contribution >= 0.6 is 0 Å². The average Bonchev–Trinajstić information content (AvgIpc) is 2.35. The summed E-state index contributed by atoms with van der Waals surface area (Å²) in [5.74, 6) is -0.492. The molecule has 0 aromatic heterocycles. The summed E-state index contributed by atoms with van der Waals surface area (Å²) < 4.78 is 39.7. The van der Waals surface area contributed by atoms with E-state index in [2.05, 4.69) is 4.72 Å². The van der Waals surface area contributed by atoms with Crippen LogP contribution in [0.25, 0.3) is 0 Å². The van der Waals surface area contributed by atoms with Crippen LogP contribution in [0.2, 0.25) is 0 Å². The molecule has 1 aromatic rings. The molecule has 0 fully saturated rings. The van der Waals surface area contributed by atoms with Gasteiger partial charge in [-0.05, 0) is 45.3 Å². The molecular formula is C12H20FN3O2S. The number of nitrogens with zero attached hydrogens (tertiary/aromatic N) is 1.